The maximum atomic E-state index is 12.0. The van der Waals surface area contributed by atoms with Crippen LogP contribution in [0.3, 0.4) is 0 Å². The molecule has 1 unspecified atom stereocenters. The molecule has 20 heavy (non-hydrogen) atoms. The molecular formula is C16H25N3O. The van der Waals surface area contributed by atoms with E-state index < -0.39 is 0 Å². The Balaban J connectivity index is 1.84. The van der Waals surface area contributed by atoms with E-state index in [2.05, 4.69) is 48.3 Å². The second-order valence-electron chi connectivity index (χ2n) is 5.48. The molecule has 1 aromatic rings. The van der Waals surface area contributed by atoms with E-state index in [1.165, 1.54) is 5.56 Å². The third kappa shape index (κ3) is 3.97. The van der Waals surface area contributed by atoms with Crippen molar-refractivity contribution in [3.8, 4) is 0 Å². The molecule has 0 spiro atoms. The number of amides is 2. The van der Waals surface area contributed by atoms with Crippen LogP contribution in [-0.2, 0) is 6.54 Å². The summed E-state index contributed by atoms with van der Waals surface area (Å²) in [6.07, 6.45) is 0.981. The summed E-state index contributed by atoms with van der Waals surface area (Å²) in [6.45, 7) is 8.55. The molecule has 1 heterocycles. The molecule has 4 nitrogen and oxygen atoms in total. The Bertz CT molecular complexity index is 421. The van der Waals surface area contributed by atoms with Crippen LogP contribution in [0.25, 0.3) is 0 Å². The summed E-state index contributed by atoms with van der Waals surface area (Å²) >= 11 is 0. The van der Waals surface area contributed by atoms with Crippen molar-refractivity contribution in [1.29, 1.82) is 0 Å². The Morgan fingerprint density at radius 1 is 1.30 bits per heavy atom. The van der Waals surface area contributed by atoms with Crippen molar-refractivity contribution in [2.45, 2.75) is 32.9 Å². The minimum Gasteiger partial charge on any atom is -0.338 e. The fourth-order valence-electron chi connectivity index (χ4n) is 2.58. The van der Waals surface area contributed by atoms with E-state index in [0.717, 1.165) is 39.1 Å². The summed E-state index contributed by atoms with van der Waals surface area (Å²) in [4.78, 5) is 16.3. The lowest BCUT2D eigenvalue weighted by atomic mass is 10.1. The van der Waals surface area contributed by atoms with Gasteiger partial charge in [-0.05, 0) is 18.9 Å². The van der Waals surface area contributed by atoms with Crippen molar-refractivity contribution in [3.63, 3.8) is 0 Å². The molecule has 1 fully saturated rings. The van der Waals surface area contributed by atoms with Crippen LogP contribution in [0.4, 0.5) is 4.79 Å². The predicted molar refractivity (Wildman–Crippen MR) is 81.6 cm³/mol. The van der Waals surface area contributed by atoms with E-state index >= 15 is 0 Å². The number of rotatable bonds is 4. The van der Waals surface area contributed by atoms with Gasteiger partial charge in [-0.2, -0.15) is 0 Å². The highest BCUT2D eigenvalue weighted by Gasteiger charge is 2.26. The van der Waals surface area contributed by atoms with Crippen LogP contribution in [0.2, 0.25) is 0 Å². The fraction of sp³-hybridized carbons (Fsp3) is 0.562. The largest absolute Gasteiger partial charge is 0.338 e. The Morgan fingerprint density at radius 3 is 2.70 bits per heavy atom. The first-order valence-electron chi connectivity index (χ1n) is 7.51. The van der Waals surface area contributed by atoms with Crippen LogP contribution in [0.1, 0.15) is 25.8 Å². The second kappa shape index (κ2) is 7.29. The highest BCUT2D eigenvalue weighted by molar-refractivity contribution is 5.74. The Hall–Kier alpha value is -1.55. The van der Waals surface area contributed by atoms with Crippen molar-refractivity contribution in [2.24, 2.45) is 0 Å². The van der Waals surface area contributed by atoms with E-state index in [9.17, 15) is 4.79 Å². The number of hydrogen-bond acceptors (Lipinski definition) is 2. The van der Waals surface area contributed by atoms with E-state index in [1.807, 2.05) is 11.0 Å². The molecule has 0 radical (unpaired) electrons. The van der Waals surface area contributed by atoms with Crippen LogP contribution in [0.15, 0.2) is 30.3 Å². The molecule has 110 valence electrons. The third-order valence-electron chi connectivity index (χ3n) is 3.81. The molecule has 1 aliphatic rings. The topological polar surface area (TPSA) is 35.6 Å². The van der Waals surface area contributed by atoms with Gasteiger partial charge < -0.3 is 10.2 Å². The van der Waals surface area contributed by atoms with Crippen molar-refractivity contribution in [1.82, 2.24) is 15.1 Å². The summed E-state index contributed by atoms with van der Waals surface area (Å²) in [5.41, 5.74) is 1.34. The summed E-state index contributed by atoms with van der Waals surface area (Å²) in [5, 5.41) is 2.96. The van der Waals surface area contributed by atoms with Gasteiger partial charge in [0.2, 0.25) is 0 Å². The molecule has 1 aromatic carbocycles. The molecule has 2 amide bonds. The average molecular weight is 275 g/mol. The van der Waals surface area contributed by atoms with E-state index in [1.54, 1.807) is 0 Å². The Kier molecular flexibility index (Phi) is 5.41. The third-order valence-corrected chi connectivity index (χ3v) is 3.81. The highest BCUT2D eigenvalue weighted by atomic mass is 16.2. The number of hydrogen-bond donors (Lipinski definition) is 1. The molecule has 0 aromatic heterocycles. The van der Waals surface area contributed by atoms with Gasteiger partial charge in [-0.3, -0.25) is 4.90 Å². The SMILES string of the molecule is CCCNC(=O)N1CCN(Cc2ccccc2)C(C)C1. The molecule has 1 saturated heterocycles. The van der Waals surface area contributed by atoms with Gasteiger partial charge in [0, 0.05) is 38.8 Å². The quantitative estimate of drug-likeness (QED) is 0.915. The van der Waals surface area contributed by atoms with Gasteiger partial charge in [0.25, 0.3) is 0 Å². The Morgan fingerprint density at radius 2 is 2.05 bits per heavy atom. The summed E-state index contributed by atoms with van der Waals surface area (Å²) in [6, 6.07) is 11.0. The minimum atomic E-state index is 0.0815. The fourth-order valence-corrected chi connectivity index (χ4v) is 2.58. The van der Waals surface area contributed by atoms with Gasteiger partial charge in [0.05, 0.1) is 0 Å². The lowest BCUT2D eigenvalue weighted by molar-refractivity contribution is 0.0926. The monoisotopic (exact) mass is 275 g/mol. The smallest absolute Gasteiger partial charge is 0.317 e. The number of piperazine rings is 1. The number of nitrogens with zero attached hydrogens (tertiary/aromatic N) is 2. The molecule has 1 atom stereocenters. The van der Waals surface area contributed by atoms with Crippen LogP contribution in [0.5, 0.6) is 0 Å². The zero-order valence-electron chi connectivity index (χ0n) is 12.5. The molecule has 1 aliphatic heterocycles. The summed E-state index contributed by atoms with van der Waals surface area (Å²) in [5.74, 6) is 0. The summed E-state index contributed by atoms with van der Waals surface area (Å²) < 4.78 is 0. The summed E-state index contributed by atoms with van der Waals surface area (Å²) in [7, 11) is 0. The standard InChI is InChI=1S/C16H25N3O/c1-3-9-17-16(20)19-11-10-18(14(2)12-19)13-15-7-5-4-6-8-15/h4-8,14H,3,9-13H2,1-2H3,(H,17,20). The zero-order chi connectivity index (χ0) is 14.4. The molecule has 2 rings (SSSR count). The first kappa shape index (κ1) is 14.9. The van der Waals surface area contributed by atoms with Crippen LogP contribution in [-0.4, -0.2) is 48.1 Å². The van der Waals surface area contributed by atoms with Gasteiger partial charge in [0.15, 0.2) is 0 Å². The minimum absolute atomic E-state index is 0.0815. The normalized spacial score (nSPS) is 19.9. The molecule has 0 saturated carbocycles. The van der Waals surface area contributed by atoms with Crippen molar-refractivity contribution < 1.29 is 4.79 Å². The molecule has 4 heteroatoms. The zero-order valence-corrected chi connectivity index (χ0v) is 12.5. The number of benzene rings is 1. The van der Waals surface area contributed by atoms with Crippen LogP contribution < -0.4 is 5.32 Å². The van der Waals surface area contributed by atoms with Crippen molar-refractivity contribution in [3.05, 3.63) is 35.9 Å². The lowest BCUT2D eigenvalue weighted by Crippen LogP contribution is -2.55. The first-order chi connectivity index (χ1) is 9.70. The van der Waals surface area contributed by atoms with Crippen molar-refractivity contribution >= 4 is 6.03 Å². The van der Waals surface area contributed by atoms with Gasteiger partial charge in [-0.25, -0.2) is 4.79 Å². The molecule has 0 aliphatic carbocycles. The van der Waals surface area contributed by atoms with Gasteiger partial charge in [-0.1, -0.05) is 37.3 Å². The van der Waals surface area contributed by atoms with Crippen molar-refractivity contribution in [2.75, 3.05) is 26.2 Å². The molecular weight excluding hydrogens is 250 g/mol. The maximum absolute atomic E-state index is 12.0. The lowest BCUT2D eigenvalue weighted by Gasteiger charge is -2.39. The molecule has 0 bridgehead atoms. The highest BCUT2D eigenvalue weighted by Crippen LogP contribution is 2.13. The van der Waals surface area contributed by atoms with Gasteiger partial charge in [0.1, 0.15) is 0 Å². The Labute approximate surface area is 121 Å². The number of nitrogens with one attached hydrogen (secondary N) is 1. The van der Waals surface area contributed by atoms with Crippen LogP contribution in [0, 0.1) is 0 Å². The number of carbonyl (C=O) groups is 1. The molecule has 1 N–H and O–H groups in total. The van der Waals surface area contributed by atoms with Gasteiger partial charge in [-0.15, -0.1) is 0 Å². The predicted octanol–water partition coefficient (Wildman–Crippen LogP) is 2.31. The number of urea groups is 1. The van der Waals surface area contributed by atoms with E-state index in [0.29, 0.717) is 6.04 Å². The maximum Gasteiger partial charge on any atom is 0.317 e. The first-order valence-corrected chi connectivity index (χ1v) is 7.51. The van der Waals surface area contributed by atoms with E-state index in [4.69, 9.17) is 0 Å². The number of carbonyl (C=O) groups excluding carboxylic acids is 1. The average Bonchev–Trinajstić information content (AvgIpc) is 2.48. The second-order valence-corrected chi connectivity index (χ2v) is 5.48. The van der Waals surface area contributed by atoms with Crippen LogP contribution >= 0.6 is 0 Å². The van der Waals surface area contributed by atoms with E-state index in [-0.39, 0.29) is 6.03 Å². The van der Waals surface area contributed by atoms with Gasteiger partial charge >= 0.3 is 6.03 Å².